The van der Waals surface area contributed by atoms with E-state index >= 15 is 0 Å². The van der Waals surface area contributed by atoms with Gasteiger partial charge in [0.05, 0.1) is 25.6 Å². The zero-order chi connectivity index (χ0) is 23.7. The summed E-state index contributed by atoms with van der Waals surface area (Å²) in [6.07, 6.45) is -1.39. The maximum atomic E-state index is 12.0. The van der Waals surface area contributed by atoms with Crippen LogP contribution >= 0.6 is 11.8 Å². The molecule has 0 bridgehead atoms. The molecule has 0 aliphatic carbocycles. The van der Waals surface area contributed by atoms with Gasteiger partial charge in [0.2, 0.25) is 11.9 Å². The first-order valence-corrected chi connectivity index (χ1v) is 10.5. The van der Waals surface area contributed by atoms with Gasteiger partial charge >= 0.3 is 12.2 Å². The summed E-state index contributed by atoms with van der Waals surface area (Å²) < 4.78 is 9.15. The average molecular weight is 459 g/mol. The molecule has 3 N–H and O–H groups in total. The number of aryl methyl sites for hydroxylation is 2. The molecule has 2 aromatic rings. The van der Waals surface area contributed by atoms with Crippen molar-refractivity contribution in [1.82, 2.24) is 10.6 Å². The van der Waals surface area contributed by atoms with Crippen molar-refractivity contribution in [2.75, 3.05) is 19.5 Å². The third kappa shape index (κ3) is 7.31. The number of benzene rings is 2. The minimum absolute atomic E-state index is 0.209. The fourth-order valence-corrected chi connectivity index (χ4v) is 3.38. The van der Waals surface area contributed by atoms with Crippen LogP contribution in [0.25, 0.3) is 0 Å². The quantitative estimate of drug-likeness (QED) is 0.448. The third-order valence-electron chi connectivity index (χ3n) is 4.32. The molecule has 0 saturated heterocycles. The molecule has 0 spiro atoms. The smallest absolute Gasteiger partial charge is 0.413 e. The van der Waals surface area contributed by atoms with Gasteiger partial charge in [0, 0.05) is 16.2 Å². The lowest BCUT2D eigenvalue weighted by molar-refractivity contribution is -0.115. The van der Waals surface area contributed by atoms with Gasteiger partial charge in [-0.15, -0.1) is 0 Å². The fourth-order valence-electron chi connectivity index (χ4n) is 2.43. The first kappa shape index (κ1) is 24.7. The van der Waals surface area contributed by atoms with Crippen LogP contribution in [-0.4, -0.2) is 38.3 Å². The number of methoxy groups -OCH3 is 2. The van der Waals surface area contributed by atoms with Crippen molar-refractivity contribution < 1.29 is 23.9 Å². The molecule has 2 aromatic carbocycles. The molecule has 3 amide bonds. The first-order chi connectivity index (χ1) is 15.2. The predicted octanol–water partition coefficient (Wildman–Crippen LogP) is 4.50. The van der Waals surface area contributed by atoms with Crippen molar-refractivity contribution in [3.63, 3.8) is 0 Å². The van der Waals surface area contributed by atoms with E-state index < -0.39 is 12.2 Å². The molecule has 10 heteroatoms. The molecule has 32 heavy (non-hydrogen) atoms. The van der Waals surface area contributed by atoms with Crippen molar-refractivity contribution in [2.24, 2.45) is 4.99 Å². The third-order valence-corrected chi connectivity index (χ3v) is 5.30. The highest BCUT2D eigenvalue weighted by molar-refractivity contribution is 7.99. The largest absolute Gasteiger partial charge is 0.453 e. The minimum atomic E-state index is -0.833. The van der Waals surface area contributed by atoms with Crippen LogP contribution in [0.3, 0.4) is 0 Å². The van der Waals surface area contributed by atoms with Crippen LogP contribution in [0.5, 0.6) is 0 Å². The Labute approximate surface area is 191 Å². The topological polar surface area (TPSA) is 118 Å². The Morgan fingerprint density at radius 3 is 2.06 bits per heavy atom. The summed E-state index contributed by atoms with van der Waals surface area (Å²) in [5, 5.41) is 7.39. The Kier molecular flexibility index (Phi) is 9.08. The second kappa shape index (κ2) is 11.8. The van der Waals surface area contributed by atoms with Crippen LogP contribution in [0.4, 0.5) is 21.0 Å². The molecule has 9 nitrogen and oxygen atoms in total. The van der Waals surface area contributed by atoms with E-state index in [0.717, 1.165) is 9.79 Å². The Balaban J connectivity index is 2.47. The summed E-state index contributed by atoms with van der Waals surface area (Å²) in [5.74, 6) is -0.427. The molecule has 0 aliphatic heterocycles. The summed E-state index contributed by atoms with van der Waals surface area (Å²) in [4.78, 5) is 41.5. The number of guanidine groups is 1. The van der Waals surface area contributed by atoms with Crippen molar-refractivity contribution in [2.45, 2.75) is 37.0 Å². The van der Waals surface area contributed by atoms with Crippen LogP contribution in [0.2, 0.25) is 0 Å². The number of hydrogen-bond donors (Lipinski definition) is 3. The number of carbonyl (C=O) groups is 3. The second-order valence-electron chi connectivity index (χ2n) is 6.62. The molecule has 2 rings (SSSR count). The Morgan fingerprint density at radius 1 is 0.906 bits per heavy atom. The van der Waals surface area contributed by atoms with E-state index in [1.54, 1.807) is 19.1 Å². The van der Waals surface area contributed by atoms with Gasteiger partial charge in [-0.05, 0) is 55.3 Å². The molecule has 0 unspecified atom stereocenters. The van der Waals surface area contributed by atoms with Crippen LogP contribution in [0.15, 0.2) is 51.2 Å². The Morgan fingerprint density at radius 2 is 1.50 bits per heavy atom. The lowest BCUT2D eigenvalue weighted by Gasteiger charge is -2.13. The number of anilines is 1. The number of nitrogens with one attached hydrogen (secondary N) is 3. The molecule has 0 aliphatic rings. The summed E-state index contributed by atoms with van der Waals surface area (Å²) >= 11 is 1.52. The van der Waals surface area contributed by atoms with Gasteiger partial charge in [0.1, 0.15) is 0 Å². The highest BCUT2D eigenvalue weighted by Gasteiger charge is 2.14. The zero-order valence-electron chi connectivity index (χ0n) is 18.6. The summed E-state index contributed by atoms with van der Waals surface area (Å²) in [6, 6.07) is 11.5. The molecular weight excluding hydrogens is 432 g/mol. The van der Waals surface area contributed by atoms with Crippen molar-refractivity contribution >= 4 is 47.2 Å². The number of carbonyl (C=O) groups excluding carboxylic acids is 3. The monoisotopic (exact) mass is 458 g/mol. The van der Waals surface area contributed by atoms with Crippen LogP contribution in [-0.2, 0) is 14.3 Å². The number of alkyl carbamates (subject to hydrolysis) is 2. The average Bonchev–Trinajstić information content (AvgIpc) is 2.77. The molecule has 170 valence electrons. The van der Waals surface area contributed by atoms with Gasteiger partial charge in [0.25, 0.3) is 0 Å². The van der Waals surface area contributed by atoms with Crippen molar-refractivity contribution in [3.05, 3.63) is 47.5 Å². The molecule has 0 fully saturated rings. The predicted molar refractivity (Wildman–Crippen MR) is 124 cm³/mol. The van der Waals surface area contributed by atoms with Gasteiger partial charge < -0.3 is 14.8 Å². The summed E-state index contributed by atoms with van der Waals surface area (Å²) in [7, 11) is 2.36. The molecule has 0 heterocycles. The van der Waals surface area contributed by atoms with E-state index in [9.17, 15) is 14.4 Å². The maximum Gasteiger partial charge on any atom is 0.413 e. The lowest BCUT2D eigenvalue weighted by atomic mass is 10.1. The lowest BCUT2D eigenvalue weighted by Crippen LogP contribution is -2.43. The highest BCUT2D eigenvalue weighted by Crippen LogP contribution is 2.35. The van der Waals surface area contributed by atoms with E-state index in [4.69, 9.17) is 0 Å². The second-order valence-corrected chi connectivity index (χ2v) is 7.77. The molecule has 0 aromatic heterocycles. The maximum absolute atomic E-state index is 12.0. The van der Waals surface area contributed by atoms with E-state index in [0.29, 0.717) is 11.4 Å². The molecule has 0 radical (unpaired) electrons. The highest BCUT2D eigenvalue weighted by atomic mass is 32.2. The fraction of sp³-hybridized carbons (Fsp3) is 0.273. The molecule has 0 atom stereocenters. The Hall–Kier alpha value is -3.53. The number of aliphatic imine (C=N–C) groups is 1. The molecule has 0 saturated carbocycles. The van der Waals surface area contributed by atoms with Gasteiger partial charge in [-0.2, -0.15) is 0 Å². The zero-order valence-corrected chi connectivity index (χ0v) is 19.4. The summed E-state index contributed by atoms with van der Waals surface area (Å²) in [6.45, 7) is 5.82. The van der Waals surface area contributed by atoms with E-state index in [2.05, 4.69) is 36.5 Å². The van der Waals surface area contributed by atoms with Gasteiger partial charge in [0.15, 0.2) is 0 Å². The number of hydrogen-bond acceptors (Lipinski definition) is 7. The summed E-state index contributed by atoms with van der Waals surface area (Å²) in [5.41, 5.74) is 3.11. The number of nitrogens with zero attached hydrogens (tertiary/aromatic N) is 1. The standard InChI is InChI=1S/C22H26N4O5S/c1-6-19(27)23-17-10-9-16(32-15-8-7-13(2)14(3)11-15)12-18(17)24-20(25-21(28)30-4)26-22(29)31-5/h7-12H,6H2,1-5H3,(H,23,27)(H2,24,25,26,28,29). The van der Waals surface area contributed by atoms with Gasteiger partial charge in [-0.3, -0.25) is 15.4 Å². The van der Waals surface area contributed by atoms with Gasteiger partial charge in [-0.1, -0.05) is 24.8 Å². The van der Waals surface area contributed by atoms with Crippen molar-refractivity contribution in [3.8, 4) is 0 Å². The number of ether oxygens (including phenoxy) is 2. The van der Waals surface area contributed by atoms with Gasteiger partial charge in [-0.25, -0.2) is 14.6 Å². The minimum Gasteiger partial charge on any atom is -0.453 e. The Bertz CT molecular complexity index is 1020. The number of amides is 3. The van der Waals surface area contributed by atoms with Crippen LogP contribution in [0, 0.1) is 13.8 Å². The van der Waals surface area contributed by atoms with E-state index in [1.807, 2.05) is 32.0 Å². The SMILES string of the molecule is CCC(=O)Nc1ccc(Sc2ccc(C)c(C)c2)cc1N=C(NC(=O)OC)NC(=O)OC. The van der Waals surface area contributed by atoms with E-state index in [-0.39, 0.29) is 18.3 Å². The number of rotatable bonds is 5. The normalized spacial score (nSPS) is 10.0. The van der Waals surface area contributed by atoms with Crippen molar-refractivity contribution in [1.29, 1.82) is 0 Å². The molecular formula is C22H26N4O5S. The van der Waals surface area contributed by atoms with Crippen LogP contribution in [0.1, 0.15) is 24.5 Å². The van der Waals surface area contributed by atoms with Crippen LogP contribution < -0.4 is 16.0 Å². The van der Waals surface area contributed by atoms with E-state index in [1.165, 1.54) is 37.1 Å². The first-order valence-electron chi connectivity index (χ1n) is 9.73.